The number of sulfonamides is 1. The minimum absolute atomic E-state index is 0.111. The van der Waals surface area contributed by atoms with Gasteiger partial charge in [0.1, 0.15) is 11.2 Å². The number of hydrogen-bond donors (Lipinski definition) is 0. The van der Waals surface area contributed by atoms with Crippen LogP contribution in [-0.4, -0.2) is 63.1 Å². The van der Waals surface area contributed by atoms with Crippen LogP contribution in [0.2, 0.25) is 0 Å². The molecule has 116 valence electrons. The fraction of sp³-hybridized carbons (Fsp3) is 0.800. The van der Waals surface area contributed by atoms with Crippen molar-refractivity contribution >= 4 is 22.2 Å². The highest BCUT2D eigenvalue weighted by molar-refractivity contribution is 7.90. The molecule has 3 atom stereocenters. The zero-order valence-corrected chi connectivity index (χ0v) is 11.9. The largest absolute Gasteiger partial charge is 0.464 e. The Morgan fingerprint density at radius 2 is 1.95 bits per heavy atom. The van der Waals surface area contributed by atoms with Crippen molar-refractivity contribution in [3.8, 4) is 0 Å². The van der Waals surface area contributed by atoms with Crippen LogP contribution in [0.15, 0.2) is 4.99 Å². The van der Waals surface area contributed by atoms with E-state index in [-0.39, 0.29) is 6.61 Å². The van der Waals surface area contributed by atoms with E-state index in [0.717, 1.165) is 14.1 Å². The van der Waals surface area contributed by atoms with Crippen LogP contribution in [0.3, 0.4) is 0 Å². The van der Waals surface area contributed by atoms with Gasteiger partial charge in [-0.15, -0.1) is 0 Å². The van der Waals surface area contributed by atoms with Gasteiger partial charge < -0.3 is 4.74 Å². The summed E-state index contributed by atoms with van der Waals surface area (Å²) in [6, 6.07) is -1.88. The second-order valence-corrected chi connectivity index (χ2v) is 6.66. The molecular formula is C10H15F3N2O4S. The normalized spacial score (nSPS) is 27.1. The van der Waals surface area contributed by atoms with Gasteiger partial charge in [-0.3, -0.25) is 4.99 Å². The fourth-order valence-corrected chi connectivity index (χ4v) is 3.23. The van der Waals surface area contributed by atoms with Crippen molar-refractivity contribution in [2.75, 3.05) is 20.7 Å². The second-order valence-electron chi connectivity index (χ2n) is 4.35. The van der Waals surface area contributed by atoms with E-state index >= 15 is 0 Å². The van der Waals surface area contributed by atoms with Crippen LogP contribution >= 0.6 is 0 Å². The summed E-state index contributed by atoms with van der Waals surface area (Å²) >= 11 is 0. The molecule has 0 fully saturated rings. The summed E-state index contributed by atoms with van der Waals surface area (Å²) in [6.45, 7) is 1.33. The Labute approximate surface area is 114 Å². The predicted octanol–water partition coefficient (Wildman–Crippen LogP) is 0.441. The molecule has 1 aliphatic rings. The summed E-state index contributed by atoms with van der Waals surface area (Å²) in [4.78, 5) is 14.9. The summed E-state index contributed by atoms with van der Waals surface area (Å²) in [6.07, 6.45) is -4.23. The molecule has 0 saturated carbocycles. The van der Waals surface area contributed by atoms with Crippen molar-refractivity contribution in [3.63, 3.8) is 0 Å². The van der Waals surface area contributed by atoms with Crippen LogP contribution in [-0.2, 0) is 19.6 Å². The lowest BCUT2D eigenvalue weighted by Crippen LogP contribution is -2.48. The standard InChI is InChI=1S/C10H15F3N2O4S/c1-4-19-9(16)8-7(10(11,12)13)6(5-14-8)20(17,18)15(2)3/h5-8H,4H2,1-3H3. The zero-order valence-electron chi connectivity index (χ0n) is 11.1. The molecule has 0 amide bonds. The molecule has 1 rings (SSSR count). The first-order valence-corrected chi connectivity index (χ1v) is 7.21. The lowest BCUT2D eigenvalue weighted by Gasteiger charge is -2.26. The summed E-state index contributed by atoms with van der Waals surface area (Å²) in [5.41, 5.74) is 0. The zero-order chi connectivity index (χ0) is 15.7. The number of esters is 1. The Balaban J connectivity index is 3.18. The van der Waals surface area contributed by atoms with Crippen LogP contribution in [0.1, 0.15) is 6.92 Å². The minimum atomic E-state index is -4.89. The number of carbonyl (C=O) groups is 1. The molecule has 0 spiro atoms. The molecule has 1 heterocycles. The molecule has 0 aromatic heterocycles. The van der Waals surface area contributed by atoms with Gasteiger partial charge in [0.2, 0.25) is 10.0 Å². The highest BCUT2D eigenvalue weighted by atomic mass is 32.2. The van der Waals surface area contributed by atoms with Gasteiger partial charge in [-0.05, 0) is 6.92 Å². The van der Waals surface area contributed by atoms with E-state index in [2.05, 4.69) is 9.73 Å². The smallest absolute Gasteiger partial charge is 0.396 e. The summed E-state index contributed by atoms with van der Waals surface area (Å²) in [7, 11) is -2.00. The molecule has 10 heteroatoms. The third kappa shape index (κ3) is 3.11. The summed E-state index contributed by atoms with van der Waals surface area (Å²) in [5, 5.41) is -1.92. The van der Waals surface area contributed by atoms with Crippen LogP contribution in [0, 0.1) is 5.92 Å². The summed E-state index contributed by atoms with van der Waals surface area (Å²) < 4.78 is 68.2. The lowest BCUT2D eigenvalue weighted by atomic mass is 9.99. The Morgan fingerprint density at radius 1 is 1.40 bits per heavy atom. The van der Waals surface area contributed by atoms with E-state index in [9.17, 15) is 26.4 Å². The van der Waals surface area contributed by atoms with E-state index in [1.807, 2.05) is 0 Å². The summed E-state index contributed by atoms with van der Waals surface area (Å²) in [5.74, 6) is -3.61. The Hall–Kier alpha value is -1.16. The second kappa shape index (κ2) is 5.68. The quantitative estimate of drug-likeness (QED) is 0.705. The lowest BCUT2D eigenvalue weighted by molar-refractivity contribution is -0.184. The Bertz CT molecular complexity index is 501. The number of ether oxygens (including phenoxy) is 1. The molecule has 1 aliphatic heterocycles. The maximum atomic E-state index is 13.1. The van der Waals surface area contributed by atoms with Gasteiger partial charge in [0, 0.05) is 20.3 Å². The van der Waals surface area contributed by atoms with Crippen molar-refractivity contribution in [2.45, 2.75) is 24.4 Å². The van der Waals surface area contributed by atoms with E-state index in [0.29, 0.717) is 10.5 Å². The molecular weight excluding hydrogens is 301 g/mol. The van der Waals surface area contributed by atoms with Gasteiger partial charge in [-0.2, -0.15) is 13.2 Å². The monoisotopic (exact) mass is 316 g/mol. The topological polar surface area (TPSA) is 76.0 Å². The Kier molecular flexibility index (Phi) is 4.80. The highest BCUT2D eigenvalue weighted by Gasteiger charge is 2.58. The first kappa shape index (κ1) is 16.9. The molecule has 3 unspecified atom stereocenters. The van der Waals surface area contributed by atoms with Gasteiger partial charge in [0.25, 0.3) is 0 Å². The number of halogens is 3. The van der Waals surface area contributed by atoms with Crippen molar-refractivity contribution < 1.29 is 31.1 Å². The van der Waals surface area contributed by atoms with E-state index in [1.54, 1.807) is 0 Å². The van der Waals surface area contributed by atoms with Gasteiger partial charge in [0.05, 0.1) is 6.61 Å². The predicted molar refractivity (Wildman–Crippen MR) is 64.9 cm³/mol. The molecule has 0 aromatic rings. The van der Waals surface area contributed by atoms with Crippen molar-refractivity contribution in [1.82, 2.24) is 4.31 Å². The maximum Gasteiger partial charge on any atom is 0.396 e. The molecule has 20 heavy (non-hydrogen) atoms. The van der Waals surface area contributed by atoms with E-state index in [4.69, 9.17) is 0 Å². The average Bonchev–Trinajstić information content (AvgIpc) is 2.73. The molecule has 6 nitrogen and oxygen atoms in total. The minimum Gasteiger partial charge on any atom is -0.464 e. The van der Waals surface area contributed by atoms with Crippen molar-refractivity contribution in [3.05, 3.63) is 0 Å². The number of carbonyl (C=O) groups excluding carboxylic acids is 1. The number of aliphatic imine (C=N–C) groups is 1. The third-order valence-corrected chi connectivity index (χ3v) is 4.97. The Morgan fingerprint density at radius 3 is 2.35 bits per heavy atom. The van der Waals surface area contributed by atoms with Crippen molar-refractivity contribution in [1.29, 1.82) is 0 Å². The molecule has 0 aromatic carbocycles. The van der Waals surface area contributed by atoms with Crippen LogP contribution in [0.25, 0.3) is 0 Å². The SMILES string of the molecule is CCOC(=O)C1N=CC(S(=O)(=O)N(C)C)C1C(F)(F)F. The molecule has 0 bridgehead atoms. The van der Waals surface area contributed by atoms with E-state index < -0.39 is 39.4 Å². The number of nitrogens with zero attached hydrogens (tertiary/aromatic N) is 2. The number of alkyl halides is 3. The highest BCUT2D eigenvalue weighted by Crippen LogP contribution is 2.39. The van der Waals surface area contributed by atoms with Gasteiger partial charge in [-0.25, -0.2) is 17.5 Å². The van der Waals surface area contributed by atoms with Gasteiger partial charge in [-0.1, -0.05) is 0 Å². The van der Waals surface area contributed by atoms with Gasteiger partial charge in [0.15, 0.2) is 6.04 Å². The number of rotatable bonds is 4. The molecule has 0 aliphatic carbocycles. The molecule has 0 saturated heterocycles. The molecule has 0 N–H and O–H groups in total. The fourth-order valence-electron chi connectivity index (χ4n) is 1.85. The first-order chi connectivity index (χ1) is 9.03. The van der Waals surface area contributed by atoms with Gasteiger partial charge >= 0.3 is 12.1 Å². The van der Waals surface area contributed by atoms with Crippen LogP contribution in [0.4, 0.5) is 13.2 Å². The van der Waals surface area contributed by atoms with Crippen LogP contribution < -0.4 is 0 Å². The van der Waals surface area contributed by atoms with E-state index in [1.165, 1.54) is 6.92 Å². The first-order valence-electron chi connectivity index (χ1n) is 5.71. The third-order valence-electron chi connectivity index (χ3n) is 2.85. The maximum absolute atomic E-state index is 13.1. The number of hydrogen-bond acceptors (Lipinski definition) is 5. The van der Waals surface area contributed by atoms with Crippen LogP contribution in [0.5, 0.6) is 0 Å². The average molecular weight is 316 g/mol. The molecule has 0 radical (unpaired) electrons. The van der Waals surface area contributed by atoms with Crippen molar-refractivity contribution in [2.24, 2.45) is 10.9 Å².